The van der Waals surface area contributed by atoms with Gasteiger partial charge < -0.3 is 19.7 Å². The molecule has 1 unspecified atom stereocenters. The van der Waals surface area contributed by atoms with Gasteiger partial charge in [0.2, 0.25) is 0 Å². The van der Waals surface area contributed by atoms with E-state index in [2.05, 4.69) is 0 Å². The number of hydrogen-bond donors (Lipinski definition) is 2. The van der Waals surface area contributed by atoms with Crippen molar-refractivity contribution in [3.05, 3.63) is 23.8 Å². The molecule has 0 amide bonds. The lowest BCUT2D eigenvalue weighted by Gasteiger charge is -2.13. The van der Waals surface area contributed by atoms with Crippen LogP contribution in [-0.2, 0) is 4.79 Å². The van der Waals surface area contributed by atoms with E-state index in [1.807, 2.05) is 0 Å². The van der Waals surface area contributed by atoms with Gasteiger partial charge >= 0.3 is 11.9 Å². The number of methoxy groups -OCH3 is 1. The highest BCUT2D eigenvalue weighted by atomic mass is 16.5. The van der Waals surface area contributed by atoms with Gasteiger partial charge in [-0.05, 0) is 19.1 Å². The summed E-state index contributed by atoms with van der Waals surface area (Å²) in [5, 5.41) is 17.6. The van der Waals surface area contributed by atoms with Crippen LogP contribution in [0.25, 0.3) is 0 Å². The minimum Gasteiger partial charge on any atom is -0.497 e. The first kappa shape index (κ1) is 12.8. The van der Waals surface area contributed by atoms with E-state index in [1.54, 1.807) is 0 Å². The molecule has 1 aromatic carbocycles. The third-order valence-corrected chi connectivity index (χ3v) is 2.07. The van der Waals surface area contributed by atoms with Gasteiger partial charge in [-0.15, -0.1) is 0 Å². The molecule has 1 aromatic rings. The predicted octanol–water partition coefficient (Wildman–Crippen LogP) is 1.25. The second-order valence-corrected chi connectivity index (χ2v) is 3.27. The Kier molecular flexibility index (Phi) is 3.92. The molecular weight excluding hydrogens is 228 g/mol. The van der Waals surface area contributed by atoms with Crippen molar-refractivity contribution >= 4 is 11.9 Å². The van der Waals surface area contributed by atoms with Crippen LogP contribution in [0.15, 0.2) is 18.2 Å². The molecular formula is C11H12O6. The molecule has 0 saturated carbocycles. The minimum absolute atomic E-state index is 0.0354. The molecule has 6 heteroatoms. The molecule has 0 aromatic heterocycles. The summed E-state index contributed by atoms with van der Waals surface area (Å²) in [5.74, 6) is -2.02. The summed E-state index contributed by atoms with van der Waals surface area (Å²) < 4.78 is 9.96. The first-order valence-electron chi connectivity index (χ1n) is 4.76. The molecule has 0 heterocycles. The van der Waals surface area contributed by atoms with Crippen LogP contribution in [0.2, 0.25) is 0 Å². The highest BCUT2D eigenvalue weighted by Crippen LogP contribution is 2.25. The zero-order valence-electron chi connectivity index (χ0n) is 9.34. The molecule has 2 N–H and O–H groups in total. The van der Waals surface area contributed by atoms with Crippen molar-refractivity contribution in [3.8, 4) is 11.5 Å². The van der Waals surface area contributed by atoms with E-state index in [4.69, 9.17) is 19.7 Å². The maximum absolute atomic E-state index is 10.9. The van der Waals surface area contributed by atoms with Crippen LogP contribution in [0.5, 0.6) is 11.5 Å². The summed E-state index contributed by atoms with van der Waals surface area (Å²) in [6.45, 7) is 1.31. The van der Waals surface area contributed by atoms with E-state index < -0.39 is 18.0 Å². The average Bonchev–Trinajstić information content (AvgIpc) is 2.28. The number of rotatable bonds is 5. The standard InChI is InChI=1S/C11H12O6/c1-6(10(12)13)17-9-5-7(16-2)3-4-8(9)11(14)15/h3-6H,1-2H3,(H,12,13)(H,14,15). The number of carbonyl (C=O) groups is 2. The summed E-state index contributed by atoms with van der Waals surface area (Å²) in [6.07, 6.45) is -1.14. The van der Waals surface area contributed by atoms with Gasteiger partial charge in [-0.1, -0.05) is 0 Å². The summed E-state index contributed by atoms with van der Waals surface area (Å²) in [4.78, 5) is 21.5. The second kappa shape index (κ2) is 5.20. The first-order valence-corrected chi connectivity index (χ1v) is 4.76. The van der Waals surface area contributed by atoms with Crippen molar-refractivity contribution in [2.75, 3.05) is 7.11 Å². The average molecular weight is 240 g/mol. The molecule has 0 radical (unpaired) electrons. The number of benzene rings is 1. The normalized spacial score (nSPS) is 11.6. The van der Waals surface area contributed by atoms with E-state index in [9.17, 15) is 9.59 Å². The zero-order chi connectivity index (χ0) is 13.0. The SMILES string of the molecule is COc1ccc(C(=O)O)c(OC(C)C(=O)O)c1. The van der Waals surface area contributed by atoms with Crippen LogP contribution in [-0.4, -0.2) is 35.4 Å². The van der Waals surface area contributed by atoms with Crippen LogP contribution >= 0.6 is 0 Å². The van der Waals surface area contributed by atoms with Gasteiger partial charge in [0.05, 0.1) is 7.11 Å². The lowest BCUT2D eigenvalue weighted by atomic mass is 10.2. The maximum Gasteiger partial charge on any atom is 0.344 e. The van der Waals surface area contributed by atoms with Crippen LogP contribution in [0.3, 0.4) is 0 Å². The minimum atomic E-state index is -1.19. The fourth-order valence-electron chi connectivity index (χ4n) is 1.14. The molecule has 1 rings (SSSR count). The van der Waals surface area contributed by atoms with E-state index >= 15 is 0 Å². The van der Waals surface area contributed by atoms with E-state index in [0.29, 0.717) is 5.75 Å². The Labute approximate surface area is 97.4 Å². The topological polar surface area (TPSA) is 93.1 Å². The molecule has 0 saturated heterocycles. The fourth-order valence-corrected chi connectivity index (χ4v) is 1.14. The molecule has 0 aliphatic heterocycles. The van der Waals surface area contributed by atoms with Gasteiger partial charge in [-0.2, -0.15) is 0 Å². The van der Waals surface area contributed by atoms with Crippen molar-refractivity contribution in [1.29, 1.82) is 0 Å². The fraction of sp³-hybridized carbons (Fsp3) is 0.273. The van der Waals surface area contributed by atoms with E-state index in [-0.39, 0.29) is 11.3 Å². The molecule has 1 atom stereocenters. The maximum atomic E-state index is 10.9. The van der Waals surface area contributed by atoms with Crippen LogP contribution in [0.4, 0.5) is 0 Å². The van der Waals surface area contributed by atoms with Gasteiger partial charge in [0, 0.05) is 6.07 Å². The van der Waals surface area contributed by atoms with E-state index in [0.717, 1.165) is 0 Å². The molecule has 0 spiro atoms. The van der Waals surface area contributed by atoms with Gasteiger partial charge in [-0.25, -0.2) is 9.59 Å². The van der Waals surface area contributed by atoms with Crippen molar-refractivity contribution in [2.24, 2.45) is 0 Å². The number of carboxylic acid groups (broad SMARTS) is 2. The Hall–Kier alpha value is -2.24. The Bertz CT molecular complexity index is 440. The summed E-state index contributed by atoms with van der Waals surface area (Å²) in [7, 11) is 1.42. The third-order valence-electron chi connectivity index (χ3n) is 2.07. The van der Waals surface area contributed by atoms with Crippen LogP contribution < -0.4 is 9.47 Å². The molecule has 6 nitrogen and oxygen atoms in total. The van der Waals surface area contributed by atoms with Gasteiger partial charge in [0.25, 0.3) is 0 Å². The van der Waals surface area contributed by atoms with E-state index in [1.165, 1.54) is 32.2 Å². The summed E-state index contributed by atoms with van der Waals surface area (Å²) in [5.41, 5.74) is -0.112. The lowest BCUT2D eigenvalue weighted by molar-refractivity contribution is -0.144. The zero-order valence-corrected chi connectivity index (χ0v) is 9.34. The van der Waals surface area contributed by atoms with Crippen LogP contribution in [0.1, 0.15) is 17.3 Å². The smallest absolute Gasteiger partial charge is 0.344 e. The highest BCUT2D eigenvalue weighted by Gasteiger charge is 2.18. The number of hydrogen-bond acceptors (Lipinski definition) is 4. The summed E-state index contributed by atoms with van der Waals surface area (Å²) in [6, 6.07) is 4.09. The van der Waals surface area contributed by atoms with Crippen molar-refractivity contribution < 1.29 is 29.3 Å². The summed E-state index contributed by atoms with van der Waals surface area (Å²) >= 11 is 0. The number of aromatic carboxylic acids is 1. The Morgan fingerprint density at radius 3 is 2.41 bits per heavy atom. The number of aliphatic carboxylic acids is 1. The molecule has 0 aliphatic carbocycles. The second-order valence-electron chi connectivity index (χ2n) is 3.27. The third kappa shape index (κ3) is 3.10. The Morgan fingerprint density at radius 1 is 1.29 bits per heavy atom. The Balaban J connectivity index is 3.09. The van der Waals surface area contributed by atoms with Gasteiger partial charge in [0.15, 0.2) is 6.10 Å². The van der Waals surface area contributed by atoms with Gasteiger partial charge in [0.1, 0.15) is 17.1 Å². The number of ether oxygens (including phenoxy) is 2. The highest BCUT2D eigenvalue weighted by molar-refractivity contribution is 5.91. The Morgan fingerprint density at radius 2 is 1.94 bits per heavy atom. The molecule has 92 valence electrons. The molecule has 0 aliphatic rings. The number of carboxylic acids is 2. The van der Waals surface area contributed by atoms with Gasteiger partial charge in [-0.3, -0.25) is 0 Å². The largest absolute Gasteiger partial charge is 0.497 e. The molecule has 17 heavy (non-hydrogen) atoms. The quantitative estimate of drug-likeness (QED) is 0.804. The van der Waals surface area contributed by atoms with Crippen molar-refractivity contribution in [3.63, 3.8) is 0 Å². The lowest BCUT2D eigenvalue weighted by Crippen LogP contribution is -2.23. The predicted molar refractivity (Wildman–Crippen MR) is 57.7 cm³/mol. The van der Waals surface area contributed by atoms with Crippen molar-refractivity contribution in [2.45, 2.75) is 13.0 Å². The molecule has 0 bridgehead atoms. The molecule has 0 fully saturated rings. The van der Waals surface area contributed by atoms with Crippen LogP contribution in [0, 0.1) is 0 Å². The van der Waals surface area contributed by atoms with Crippen molar-refractivity contribution in [1.82, 2.24) is 0 Å². The monoisotopic (exact) mass is 240 g/mol. The first-order chi connectivity index (χ1) is 7.95.